The maximum atomic E-state index is 12.5. The molecule has 1 amide bonds. The zero-order chi connectivity index (χ0) is 53.6. The van der Waals surface area contributed by atoms with Gasteiger partial charge in [-0.2, -0.15) is 0 Å². The third kappa shape index (κ3) is 59.8. The van der Waals surface area contributed by atoms with E-state index in [9.17, 15) is 19.8 Å². The number of hydrogen-bond donors (Lipinski definition) is 3. The van der Waals surface area contributed by atoms with E-state index in [2.05, 4.69) is 19.2 Å². The van der Waals surface area contributed by atoms with E-state index in [1.807, 2.05) is 6.08 Å². The van der Waals surface area contributed by atoms with E-state index in [1.165, 1.54) is 321 Å². The second kappa shape index (κ2) is 64.1. The molecule has 0 saturated carbocycles. The Morgan fingerprint density at radius 1 is 0.365 bits per heavy atom. The van der Waals surface area contributed by atoms with Crippen molar-refractivity contribution < 1.29 is 24.5 Å². The van der Waals surface area contributed by atoms with Crippen molar-refractivity contribution in [1.82, 2.24) is 5.32 Å². The van der Waals surface area contributed by atoms with Crippen LogP contribution in [-0.2, 0) is 14.3 Å². The summed E-state index contributed by atoms with van der Waals surface area (Å²) in [6.07, 6.45) is 78.6. The number of nitrogens with one attached hydrogen (secondary N) is 1. The Morgan fingerprint density at radius 2 is 0.622 bits per heavy atom. The van der Waals surface area contributed by atoms with Gasteiger partial charge in [-0.05, 0) is 32.1 Å². The van der Waals surface area contributed by atoms with Crippen LogP contribution in [0.25, 0.3) is 0 Å². The molecule has 0 aromatic heterocycles. The number of aliphatic hydroxyl groups is 2. The van der Waals surface area contributed by atoms with Crippen molar-refractivity contribution >= 4 is 11.9 Å². The van der Waals surface area contributed by atoms with Crippen LogP contribution in [0, 0.1) is 0 Å². The highest BCUT2D eigenvalue weighted by Gasteiger charge is 2.18. The number of carbonyl (C=O) groups excluding carboxylic acids is 2. The van der Waals surface area contributed by atoms with Crippen molar-refractivity contribution in [2.75, 3.05) is 13.2 Å². The van der Waals surface area contributed by atoms with Crippen LogP contribution in [0.5, 0.6) is 0 Å². The first-order valence-electron chi connectivity index (χ1n) is 34.0. The summed E-state index contributed by atoms with van der Waals surface area (Å²) < 4.78 is 5.48. The lowest BCUT2D eigenvalue weighted by molar-refractivity contribution is -0.143. The highest BCUT2D eigenvalue weighted by Crippen LogP contribution is 2.19. The molecule has 0 rings (SSSR count). The zero-order valence-electron chi connectivity index (χ0n) is 50.4. The van der Waals surface area contributed by atoms with Gasteiger partial charge in [-0.3, -0.25) is 9.59 Å². The SMILES string of the molecule is CCCCCCCCCCCCCC/C=C/C(O)C(CO)NC(=O)CCCCCCCCCCCCCCCCCCCCCCCCCCCCCCCCCCOC(=O)CCCCCCCCCCCCC. The summed E-state index contributed by atoms with van der Waals surface area (Å²) >= 11 is 0. The van der Waals surface area contributed by atoms with Crippen molar-refractivity contribution in [3.63, 3.8) is 0 Å². The lowest BCUT2D eigenvalue weighted by atomic mass is 10.0. The third-order valence-corrected chi connectivity index (χ3v) is 16.1. The first-order chi connectivity index (χ1) is 36.5. The zero-order valence-corrected chi connectivity index (χ0v) is 50.4. The molecule has 0 aromatic rings. The fourth-order valence-corrected chi connectivity index (χ4v) is 10.9. The summed E-state index contributed by atoms with van der Waals surface area (Å²) in [4.78, 5) is 24.5. The predicted octanol–water partition coefficient (Wildman–Crippen LogP) is 21.6. The summed E-state index contributed by atoms with van der Waals surface area (Å²) in [6, 6.07) is -0.623. The van der Waals surface area contributed by atoms with E-state index in [-0.39, 0.29) is 18.5 Å². The fourth-order valence-electron chi connectivity index (χ4n) is 10.9. The van der Waals surface area contributed by atoms with E-state index >= 15 is 0 Å². The standard InChI is InChI=1S/C68H133NO5/c1-3-5-7-9-11-13-15-16-37-41-44-48-52-56-60-66(71)65(64-70)69-67(72)61-57-53-49-45-42-38-35-33-31-29-27-25-23-21-19-17-18-20-22-24-26-28-30-32-34-36-39-43-47-51-55-59-63-74-68(73)62-58-54-50-46-40-14-12-10-8-6-4-2/h56,60,65-66,70-71H,3-55,57-59,61-64H2,1-2H3,(H,69,72)/b60-56+. The Bertz CT molecular complexity index is 1110. The average Bonchev–Trinajstić information content (AvgIpc) is 3.40. The molecule has 0 aliphatic carbocycles. The molecule has 0 aliphatic heterocycles. The number of ether oxygens (including phenoxy) is 1. The molecule has 6 heteroatoms. The molecule has 0 heterocycles. The predicted molar refractivity (Wildman–Crippen MR) is 324 cm³/mol. The van der Waals surface area contributed by atoms with E-state index in [1.54, 1.807) is 6.08 Å². The quantitative estimate of drug-likeness (QED) is 0.0320. The molecule has 6 nitrogen and oxygen atoms in total. The molecule has 0 saturated heterocycles. The van der Waals surface area contributed by atoms with Crippen LogP contribution in [0.15, 0.2) is 12.2 Å². The smallest absolute Gasteiger partial charge is 0.305 e. The first kappa shape index (κ1) is 72.6. The molecular formula is C68H133NO5. The lowest BCUT2D eigenvalue weighted by Crippen LogP contribution is -2.45. The monoisotopic (exact) mass is 1040 g/mol. The normalized spacial score (nSPS) is 12.5. The molecule has 0 bridgehead atoms. The third-order valence-electron chi connectivity index (χ3n) is 16.1. The molecule has 2 unspecified atom stereocenters. The van der Waals surface area contributed by atoms with Gasteiger partial charge in [-0.1, -0.05) is 353 Å². The number of aliphatic hydroxyl groups excluding tert-OH is 2. The minimum absolute atomic E-state index is 0.0212. The van der Waals surface area contributed by atoms with E-state index in [0.29, 0.717) is 19.4 Å². The summed E-state index contributed by atoms with van der Waals surface area (Å²) in [6.45, 7) is 4.93. The van der Waals surface area contributed by atoms with Crippen LogP contribution < -0.4 is 5.32 Å². The number of carbonyl (C=O) groups is 2. The number of rotatable bonds is 64. The minimum atomic E-state index is -0.840. The maximum Gasteiger partial charge on any atom is 0.305 e. The van der Waals surface area contributed by atoms with Crippen LogP contribution in [0.1, 0.15) is 386 Å². The van der Waals surface area contributed by atoms with Gasteiger partial charge in [0.2, 0.25) is 5.91 Å². The first-order valence-corrected chi connectivity index (χ1v) is 34.0. The van der Waals surface area contributed by atoms with Gasteiger partial charge in [-0.15, -0.1) is 0 Å². The number of amides is 1. The van der Waals surface area contributed by atoms with Crippen LogP contribution in [0.2, 0.25) is 0 Å². The van der Waals surface area contributed by atoms with Crippen LogP contribution in [0.3, 0.4) is 0 Å². The highest BCUT2D eigenvalue weighted by molar-refractivity contribution is 5.76. The van der Waals surface area contributed by atoms with Crippen molar-refractivity contribution in [2.24, 2.45) is 0 Å². The molecule has 0 radical (unpaired) electrons. The Morgan fingerprint density at radius 3 is 0.919 bits per heavy atom. The Kier molecular flexibility index (Phi) is 62.9. The van der Waals surface area contributed by atoms with Gasteiger partial charge in [-0.25, -0.2) is 0 Å². The van der Waals surface area contributed by atoms with Crippen LogP contribution in [0.4, 0.5) is 0 Å². The summed E-state index contributed by atoms with van der Waals surface area (Å²) in [5.41, 5.74) is 0. The van der Waals surface area contributed by atoms with Crippen LogP contribution in [-0.4, -0.2) is 47.4 Å². The van der Waals surface area contributed by atoms with Gasteiger partial charge in [0.05, 0.1) is 25.4 Å². The van der Waals surface area contributed by atoms with Gasteiger partial charge < -0.3 is 20.3 Å². The van der Waals surface area contributed by atoms with Gasteiger partial charge in [0.15, 0.2) is 0 Å². The molecule has 3 N–H and O–H groups in total. The summed E-state index contributed by atoms with van der Waals surface area (Å²) in [7, 11) is 0. The summed E-state index contributed by atoms with van der Waals surface area (Å²) in [5, 5.41) is 23.1. The van der Waals surface area contributed by atoms with Gasteiger partial charge in [0, 0.05) is 12.8 Å². The van der Waals surface area contributed by atoms with Gasteiger partial charge >= 0.3 is 5.97 Å². The number of allylic oxidation sites excluding steroid dienone is 1. The molecule has 0 aliphatic rings. The molecule has 440 valence electrons. The Labute approximate surface area is 463 Å². The maximum absolute atomic E-state index is 12.5. The van der Waals surface area contributed by atoms with Gasteiger partial charge in [0.25, 0.3) is 0 Å². The summed E-state index contributed by atoms with van der Waals surface area (Å²) in [5.74, 6) is -0.0399. The molecule has 2 atom stereocenters. The minimum Gasteiger partial charge on any atom is -0.466 e. The van der Waals surface area contributed by atoms with Gasteiger partial charge in [0.1, 0.15) is 0 Å². The van der Waals surface area contributed by atoms with Crippen molar-refractivity contribution in [2.45, 2.75) is 398 Å². The van der Waals surface area contributed by atoms with E-state index in [4.69, 9.17) is 4.74 Å². The molecule has 0 aromatic carbocycles. The van der Waals surface area contributed by atoms with Crippen molar-refractivity contribution in [1.29, 1.82) is 0 Å². The van der Waals surface area contributed by atoms with Crippen molar-refractivity contribution in [3.05, 3.63) is 12.2 Å². The van der Waals surface area contributed by atoms with Crippen LogP contribution >= 0.6 is 0 Å². The number of esters is 1. The largest absolute Gasteiger partial charge is 0.466 e. The topological polar surface area (TPSA) is 95.9 Å². The Hall–Kier alpha value is -1.40. The Balaban J connectivity index is 3.32. The molecule has 0 fully saturated rings. The fraction of sp³-hybridized carbons (Fsp3) is 0.941. The molecule has 74 heavy (non-hydrogen) atoms. The van der Waals surface area contributed by atoms with E-state index < -0.39 is 12.1 Å². The van der Waals surface area contributed by atoms with Crippen molar-refractivity contribution in [3.8, 4) is 0 Å². The number of unbranched alkanes of at least 4 members (excludes halogenated alkanes) is 53. The van der Waals surface area contributed by atoms with E-state index in [0.717, 1.165) is 38.5 Å². The second-order valence-corrected chi connectivity index (χ2v) is 23.5. The highest BCUT2D eigenvalue weighted by atomic mass is 16.5. The lowest BCUT2D eigenvalue weighted by Gasteiger charge is -2.20. The number of hydrogen-bond acceptors (Lipinski definition) is 5. The molecule has 0 spiro atoms. The molecular weight excluding hydrogens is 911 g/mol. The second-order valence-electron chi connectivity index (χ2n) is 23.5. The average molecular weight is 1040 g/mol.